The van der Waals surface area contributed by atoms with Crippen molar-refractivity contribution in [2.24, 2.45) is 5.73 Å². The highest BCUT2D eigenvalue weighted by molar-refractivity contribution is 5.02. The highest BCUT2D eigenvalue weighted by atomic mass is 19.1. The smallest absolute Gasteiger partial charge is 0.123 e. The van der Waals surface area contributed by atoms with Crippen LogP contribution in [0.3, 0.4) is 0 Å². The summed E-state index contributed by atoms with van der Waals surface area (Å²) < 4.78 is 11.9. The molecule has 70 valence electrons. The first-order valence-corrected chi connectivity index (χ1v) is 4.22. The lowest BCUT2D eigenvalue weighted by Gasteiger charge is -1.78. The fraction of sp³-hybridized carbons (Fsp3) is 0.400. The van der Waals surface area contributed by atoms with Crippen molar-refractivity contribution >= 4 is 0 Å². The van der Waals surface area contributed by atoms with Gasteiger partial charge in [0.2, 0.25) is 0 Å². The van der Waals surface area contributed by atoms with Crippen molar-refractivity contribution < 1.29 is 4.39 Å². The fourth-order valence-electron chi connectivity index (χ4n) is 0.415. The van der Waals surface area contributed by atoms with Gasteiger partial charge in [0.25, 0.3) is 0 Å². The third-order valence-corrected chi connectivity index (χ3v) is 0.733. The van der Waals surface area contributed by atoms with E-state index in [1.807, 2.05) is 20.8 Å². The summed E-state index contributed by atoms with van der Waals surface area (Å²) in [6.07, 6.45) is 0. The van der Waals surface area contributed by atoms with Gasteiger partial charge < -0.3 is 5.73 Å². The van der Waals surface area contributed by atoms with Crippen LogP contribution in [0.2, 0.25) is 0 Å². The van der Waals surface area contributed by atoms with Gasteiger partial charge in [-0.3, -0.25) is 0 Å². The van der Waals surface area contributed by atoms with Gasteiger partial charge in [-0.2, -0.15) is 0 Å². The lowest BCUT2D eigenvalue weighted by molar-refractivity contribution is 0.628. The Balaban J connectivity index is 0. The van der Waals surface area contributed by atoms with E-state index in [1.54, 1.807) is 18.2 Å². The maximum Gasteiger partial charge on any atom is 0.123 e. The van der Waals surface area contributed by atoms with Crippen molar-refractivity contribution in [1.82, 2.24) is 0 Å². The van der Waals surface area contributed by atoms with Crippen LogP contribution in [0.4, 0.5) is 4.39 Å². The maximum absolute atomic E-state index is 11.9. The molecule has 0 aliphatic heterocycles. The molecule has 0 aliphatic carbocycles. The average Bonchev–Trinajstić information content (AvgIpc) is 2.11. The molecular weight excluding hydrogens is 153 g/mol. The van der Waals surface area contributed by atoms with E-state index in [0.717, 1.165) is 6.54 Å². The molecule has 0 aliphatic rings. The van der Waals surface area contributed by atoms with Crippen molar-refractivity contribution in [3.05, 3.63) is 36.1 Å². The highest BCUT2D eigenvalue weighted by Gasteiger charge is 1.77. The van der Waals surface area contributed by atoms with Crippen LogP contribution in [-0.4, -0.2) is 6.54 Å². The van der Waals surface area contributed by atoms with Gasteiger partial charge in [-0.15, -0.1) is 0 Å². The largest absolute Gasteiger partial charge is 0.331 e. The van der Waals surface area contributed by atoms with E-state index in [9.17, 15) is 4.39 Å². The number of nitrogens with two attached hydrogens (primary N) is 1. The molecule has 0 saturated carbocycles. The molecular formula is C10H18FN. The second kappa shape index (κ2) is 12.8. The molecule has 1 aromatic carbocycles. The minimum atomic E-state index is -0.178. The molecule has 1 nitrogen and oxygen atoms in total. The van der Waals surface area contributed by atoms with E-state index in [0.29, 0.717) is 0 Å². The average molecular weight is 171 g/mol. The zero-order chi connectivity index (χ0) is 9.82. The normalized spacial score (nSPS) is 7.08. The molecule has 0 heterocycles. The Labute approximate surface area is 74.4 Å². The Bertz CT molecular complexity index is 151. The Morgan fingerprint density at radius 2 is 1.50 bits per heavy atom. The maximum atomic E-state index is 11.9. The zero-order valence-corrected chi connectivity index (χ0v) is 8.05. The minimum absolute atomic E-state index is 0.178. The van der Waals surface area contributed by atoms with E-state index in [2.05, 4.69) is 0 Å². The lowest BCUT2D eigenvalue weighted by Crippen LogP contribution is -1.87. The molecule has 1 aromatic rings. The molecule has 0 spiro atoms. The van der Waals surface area contributed by atoms with Crippen molar-refractivity contribution in [1.29, 1.82) is 0 Å². The summed E-state index contributed by atoms with van der Waals surface area (Å²) in [5, 5.41) is 0. The lowest BCUT2D eigenvalue weighted by atomic mass is 10.4. The molecule has 0 atom stereocenters. The summed E-state index contributed by atoms with van der Waals surface area (Å²) in [6.45, 7) is 6.65. The first kappa shape index (κ1) is 13.7. The summed E-state index contributed by atoms with van der Waals surface area (Å²) in [4.78, 5) is 0. The fourth-order valence-corrected chi connectivity index (χ4v) is 0.415. The van der Waals surface area contributed by atoms with Crippen LogP contribution < -0.4 is 5.73 Å². The van der Waals surface area contributed by atoms with Gasteiger partial charge in [-0.1, -0.05) is 39.0 Å². The highest BCUT2D eigenvalue weighted by Crippen LogP contribution is 1.91. The van der Waals surface area contributed by atoms with Crippen LogP contribution in [0, 0.1) is 5.82 Å². The Hall–Kier alpha value is -0.890. The van der Waals surface area contributed by atoms with Crippen LogP contribution in [0.15, 0.2) is 30.3 Å². The standard InChI is InChI=1S/C6H5F.C2H7N.C2H6/c7-6-4-2-1-3-5-6;1-2-3;1-2/h1-5H;2-3H2,1H3;1-2H3. The van der Waals surface area contributed by atoms with Crippen molar-refractivity contribution in [3.8, 4) is 0 Å². The van der Waals surface area contributed by atoms with Crippen LogP contribution in [0.5, 0.6) is 0 Å². The molecule has 0 radical (unpaired) electrons. The van der Waals surface area contributed by atoms with E-state index >= 15 is 0 Å². The molecule has 0 fully saturated rings. The van der Waals surface area contributed by atoms with E-state index < -0.39 is 0 Å². The molecule has 0 amide bonds. The number of rotatable bonds is 0. The Kier molecular flexibility index (Phi) is 14.5. The van der Waals surface area contributed by atoms with Crippen LogP contribution in [0.1, 0.15) is 20.8 Å². The summed E-state index contributed by atoms with van der Waals surface area (Å²) in [6, 6.07) is 7.94. The summed E-state index contributed by atoms with van der Waals surface area (Å²) in [7, 11) is 0. The third kappa shape index (κ3) is 11.9. The number of hydrogen-bond acceptors (Lipinski definition) is 1. The second-order valence-electron chi connectivity index (χ2n) is 1.70. The van der Waals surface area contributed by atoms with Gasteiger partial charge in [0.15, 0.2) is 0 Å². The van der Waals surface area contributed by atoms with Gasteiger partial charge in [-0.05, 0) is 18.7 Å². The SMILES string of the molecule is CC.CCN.Fc1ccccc1. The topological polar surface area (TPSA) is 26.0 Å². The zero-order valence-electron chi connectivity index (χ0n) is 8.05. The third-order valence-electron chi connectivity index (χ3n) is 0.733. The monoisotopic (exact) mass is 171 g/mol. The molecule has 2 heteroatoms. The molecule has 0 saturated heterocycles. The number of hydrogen-bond donors (Lipinski definition) is 1. The van der Waals surface area contributed by atoms with E-state index in [1.165, 1.54) is 12.1 Å². The van der Waals surface area contributed by atoms with Crippen LogP contribution in [0.25, 0.3) is 0 Å². The summed E-state index contributed by atoms with van der Waals surface area (Å²) in [5.74, 6) is -0.178. The molecule has 1 rings (SSSR count). The summed E-state index contributed by atoms with van der Waals surface area (Å²) >= 11 is 0. The van der Waals surface area contributed by atoms with Crippen molar-refractivity contribution in [2.45, 2.75) is 20.8 Å². The van der Waals surface area contributed by atoms with Crippen molar-refractivity contribution in [2.75, 3.05) is 6.54 Å². The number of benzene rings is 1. The van der Waals surface area contributed by atoms with Crippen molar-refractivity contribution in [3.63, 3.8) is 0 Å². The molecule has 2 N–H and O–H groups in total. The van der Waals surface area contributed by atoms with Gasteiger partial charge in [0, 0.05) is 0 Å². The predicted octanol–water partition coefficient (Wildman–Crippen LogP) is 2.82. The Morgan fingerprint density at radius 1 is 1.17 bits per heavy atom. The quantitative estimate of drug-likeness (QED) is 0.638. The Morgan fingerprint density at radius 3 is 1.67 bits per heavy atom. The second-order valence-corrected chi connectivity index (χ2v) is 1.70. The van der Waals surface area contributed by atoms with Crippen LogP contribution >= 0.6 is 0 Å². The van der Waals surface area contributed by atoms with Gasteiger partial charge in [0.05, 0.1) is 0 Å². The van der Waals surface area contributed by atoms with E-state index in [4.69, 9.17) is 5.73 Å². The van der Waals surface area contributed by atoms with Gasteiger partial charge in [0.1, 0.15) is 5.82 Å². The predicted molar refractivity (Wildman–Crippen MR) is 52.5 cm³/mol. The summed E-state index contributed by atoms with van der Waals surface area (Å²) in [5.41, 5.74) is 4.85. The molecule has 0 bridgehead atoms. The van der Waals surface area contributed by atoms with Gasteiger partial charge in [-0.25, -0.2) is 4.39 Å². The van der Waals surface area contributed by atoms with Gasteiger partial charge >= 0.3 is 0 Å². The first-order chi connectivity index (χ1) is 5.81. The van der Waals surface area contributed by atoms with Crippen LogP contribution in [-0.2, 0) is 0 Å². The molecule has 0 unspecified atom stereocenters. The molecule has 12 heavy (non-hydrogen) atoms. The molecule has 0 aromatic heterocycles. The first-order valence-electron chi connectivity index (χ1n) is 4.22. The minimum Gasteiger partial charge on any atom is -0.331 e. The van der Waals surface area contributed by atoms with E-state index in [-0.39, 0.29) is 5.82 Å². The number of halogens is 1.